The summed E-state index contributed by atoms with van der Waals surface area (Å²) in [6.45, 7) is 0. The van der Waals surface area contributed by atoms with Crippen molar-refractivity contribution in [2.24, 2.45) is 5.73 Å². The summed E-state index contributed by atoms with van der Waals surface area (Å²) in [6, 6.07) is 2.67. The number of hydrogen-bond donors (Lipinski definition) is 3. The number of imidazole rings is 1. The molecule has 2 heterocycles. The number of carbonyl (C=O) groups is 2. The molecule has 0 unspecified atom stereocenters. The minimum Gasteiger partial charge on any atom is -0.478 e. The number of pyridine rings is 1. The number of carboxylic acids is 1. The third kappa shape index (κ3) is 1.98. The van der Waals surface area contributed by atoms with E-state index in [-0.39, 0.29) is 22.6 Å². The van der Waals surface area contributed by atoms with Gasteiger partial charge in [0.1, 0.15) is 11.4 Å². The van der Waals surface area contributed by atoms with Crippen molar-refractivity contribution in [3.05, 3.63) is 35.9 Å². The standard InChI is InChI=1S/C10H8N4O3/c11-9(15)8-7(13-4-14-8)6-3-5(10(16)17)1-2-12-6/h1-4H,(H2,11,15)(H,13,14)(H,16,17). The molecule has 0 aliphatic heterocycles. The lowest BCUT2D eigenvalue weighted by atomic mass is 10.1. The molecule has 0 spiro atoms. The number of carboxylic acid groups (broad SMARTS) is 1. The van der Waals surface area contributed by atoms with Crippen LogP contribution in [0.25, 0.3) is 11.4 Å². The predicted molar refractivity (Wildman–Crippen MR) is 57.3 cm³/mol. The van der Waals surface area contributed by atoms with E-state index in [4.69, 9.17) is 10.8 Å². The molecule has 0 aliphatic rings. The number of aromatic carboxylic acids is 1. The number of nitrogens with zero attached hydrogens (tertiary/aromatic N) is 2. The molecule has 0 aromatic carbocycles. The summed E-state index contributed by atoms with van der Waals surface area (Å²) < 4.78 is 0. The molecule has 2 aromatic rings. The number of H-pyrrole nitrogens is 1. The lowest BCUT2D eigenvalue weighted by molar-refractivity contribution is 0.0696. The number of nitrogens with one attached hydrogen (secondary N) is 1. The Labute approximate surface area is 95.3 Å². The van der Waals surface area contributed by atoms with Crippen LogP contribution >= 0.6 is 0 Å². The van der Waals surface area contributed by atoms with Crippen LogP contribution in [0.4, 0.5) is 0 Å². The lowest BCUT2D eigenvalue weighted by Crippen LogP contribution is -2.13. The number of primary amides is 1. The summed E-state index contributed by atoms with van der Waals surface area (Å²) in [4.78, 5) is 32.3. The zero-order valence-electron chi connectivity index (χ0n) is 8.54. The second kappa shape index (κ2) is 4.05. The molecule has 4 N–H and O–H groups in total. The van der Waals surface area contributed by atoms with Crippen molar-refractivity contribution in [1.29, 1.82) is 0 Å². The maximum Gasteiger partial charge on any atom is 0.335 e. The Morgan fingerprint density at radius 1 is 1.35 bits per heavy atom. The van der Waals surface area contributed by atoms with Crippen molar-refractivity contribution in [2.75, 3.05) is 0 Å². The van der Waals surface area contributed by atoms with E-state index < -0.39 is 11.9 Å². The highest BCUT2D eigenvalue weighted by Crippen LogP contribution is 2.18. The number of amides is 1. The molecule has 0 saturated carbocycles. The monoisotopic (exact) mass is 232 g/mol. The van der Waals surface area contributed by atoms with Gasteiger partial charge in [0.05, 0.1) is 17.6 Å². The van der Waals surface area contributed by atoms with Crippen LogP contribution in [0.2, 0.25) is 0 Å². The maximum atomic E-state index is 11.1. The van der Waals surface area contributed by atoms with Gasteiger partial charge in [0.15, 0.2) is 0 Å². The molecule has 0 saturated heterocycles. The van der Waals surface area contributed by atoms with Gasteiger partial charge in [0, 0.05) is 6.20 Å². The van der Waals surface area contributed by atoms with E-state index in [9.17, 15) is 9.59 Å². The normalized spacial score (nSPS) is 10.1. The number of carbonyl (C=O) groups excluding carboxylic acids is 1. The molecule has 1 amide bonds. The van der Waals surface area contributed by atoms with Gasteiger partial charge >= 0.3 is 5.97 Å². The van der Waals surface area contributed by atoms with Gasteiger partial charge in [-0.2, -0.15) is 0 Å². The van der Waals surface area contributed by atoms with Crippen LogP contribution in [0.5, 0.6) is 0 Å². The van der Waals surface area contributed by atoms with E-state index in [0.29, 0.717) is 0 Å². The minimum absolute atomic E-state index is 0.0634. The van der Waals surface area contributed by atoms with E-state index in [1.165, 1.54) is 24.7 Å². The summed E-state index contributed by atoms with van der Waals surface area (Å²) >= 11 is 0. The van der Waals surface area contributed by atoms with Crippen LogP contribution < -0.4 is 5.73 Å². The third-order valence-corrected chi connectivity index (χ3v) is 2.14. The summed E-state index contributed by atoms with van der Waals surface area (Å²) in [6.07, 6.45) is 2.63. The van der Waals surface area contributed by atoms with Gasteiger partial charge in [0.25, 0.3) is 5.91 Å². The fraction of sp³-hybridized carbons (Fsp3) is 0. The van der Waals surface area contributed by atoms with Crippen molar-refractivity contribution < 1.29 is 14.7 Å². The highest BCUT2D eigenvalue weighted by atomic mass is 16.4. The molecule has 0 fully saturated rings. The molecule has 86 valence electrons. The smallest absolute Gasteiger partial charge is 0.335 e. The van der Waals surface area contributed by atoms with Crippen molar-refractivity contribution >= 4 is 11.9 Å². The van der Waals surface area contributed by atoms with Crippen LogP contribution in [-0.4, -0.2) is 31.9 Å². The van der Waals surface area contributed by atoms with E-state index in [2.05, 4.69) is 15.0 Å². The molecule has 0 atom stereocenters. The van der Waals surface area contributed by atoms with Crippen LogP contribution in [0.3, 0.4) is 0 Å². The summed E-state index contributed by atoms with van der Waals surface area (Å²) in [5.41, 5.74) is 5.81. The Morgan fingerprint density at radius 2 is 2.12 bits per heavy atom. The average molecular weight is 232 g/mol. The van der Waals surface area contributed by atoms with Gasteiger partial charge in [-0.25, -0.2) is 9.78 Å². The first-order chi connectivity index (χ1) is 8.09. The lowest BCUT2D eigenvalue weighted by Gasteiger charge is -2.00. The van der Waals surface area contributed by atoms with E-state index in [1.807, 2.05) is 0 Å². The van der Waals surface area contributed by atoms with Crippen molar-refractivity contribution in [3.8, 4) is 11.4 Å². The minimum atomic E-state index is -1.08. The quantitative estimate of drug-likeness (QED) is 0.701. The number of hydrogen-bond acceptors (Lipinski definition) is 4. The van der Waals surface area contributed by atoms with Crippen LogP contribution in [0.15, 0.2) is 24.7 Å². The highest BCUT2D eigenvalue weighted by Gasteiger charge is 2.15. The fourth-order valence-corrected chi connectivity index (χ4v) is 1.37. The molecule has 17 heavy (non-hydrogen) atoms. The van der Waals surface area contributed by atoms with Crippen LogP contribution in [0, 0.1) is 0 Å². The Balaban J connectivity index is 2.53. The molecule has 2 rings (SSSR count). The second-order valence-electron chi connectivity index (χ2n) is 3.23. The first kappa shape index (κ1) is 10.8. The van der Waals surface area contributed by atoms with Gasteiger partial charge < -0.3 is 15.8 Å². The molecular formula is C10H8N4O3. The topological polar surface area (TPSA) is 122 Å². The largest absolute Gasteiger partial charge is 0.478 e. The number of aromatic nitrogens is 3. The first-order valence-electron chi connectivity index (χ1n) is 4.62. The Kier molecular flexibility index (Phi) is 2.57. The van der Waals surface area contributed by atoms with Gasteiger partial charge in [0.2, 0.25) is 0 Å². The molecule has 2 aromatic heterocycles. The van der Waals surface area contributed by atoms with Gasteiger partial charge in [-0.3, -0.25) is 9.78 Å². The fourth-order valence-electron chi connectivity index (χ4n) is 1.37. The third-order valence-electron chi connectivity index (χ3n) is 2.14. The van der Waals surface area contributed by atoms with Gasteiger partial charge in [-0.1, -0.05) is 0 Å². The molecule has 0 radical (unpaired) electrons. The number of nitrogens with two attached hydrogens (primary N) is 1. The summed E-state index contributed by atoms with van der Waals surface area (Å²) in [5.74, 6) is -1.76. The Morgan fingerprint density at radius 3 is 2.76 bits per heavy atom. The van der Waals surface area contributed by atoms with Crippen LogP contribution in [0.1, 0.15) is 20.8 Å². The van der Waals surface area contributed by atoms with E-state index in [0.717, 1.165) is 0 Å². The number of aromatic amines is 1. The van der Waals surface area contributed by atoms with Crippen molar-refractivity contribution in [3.63, 3.8) is 0 Å². The molecule has 0 bridgehead atoms. The zero-order chi connectivity index (χ0) is 12.4. The first-order valence-corrected chi connectivity index (χ1v) is 4.62. The molecule has 0 aliphatic carbocycles. The zero-order valence-corrected chi connectivity index (χ0v) is 8.54. The van der Waals surface area contributed by atoms with Crippen LogP contribution in [-0.2, 0) is 0 Å². The number of rotatable bonds is 3. The summed E-state index contributed by atoms with van der Waals surface area (Å²) in [5, 5.41) is 8.84. The van der Waals surface area contributed by atoms with E-state index >= 15 is 0 Å². The maximum absolute atomic E-state index is 11.1. The molecular weight excluding hydrogens is 224 g/mol. The van der Waals surface area contributed by atoms with Gasteiger partial charge in [-0.05, 0) is 12.1 Å². The SMILES string of the molecule is NC(=O)c1[nH]cnc1-c1cc(C(=O)O)ccn1. The molecule has 7 nitrogen and oxygen atoms in total. The predicted octanol–water partition coefficient (Wildman–Crippen LogP) is 0.269. The second-order valence-corrected chi connectivity index (χ2v) is 3.23. The van der Waals surface area contributed by atoms with Crippen molar-refractivity contribution in [2.45, 2.75) is 0 Å². The Bertz CT molecular complexity index is 591. The Hall–Kier alpha value is -2.70. The van der Waals surface area contributed by atoms with Crippen molar-refractivity contribution in [1.82, 2.24) is 15.0 Å². The van der Waals surface area contributed by atoms with E-state index in [1.54, 1.807) is 0 Å². The average Bonchev–Trinajstić information content (AvgIpc) is 2.78. The van der Waals surface area contributed by atoms with Gasteiger partial charge in [-0.15, -0.1) is 0 Å². The highest BCUT2D eigenvalue weighted by molar-refractivity contribution is 5.97. The summed E-state index contributed by atoms with van der Waals surface area (Å²) in [7, 11) is 0. The molecule has 7 heteroatoms.